The molecular weight excluding hydrogens is 524 g/mol. The standard InChI is InChI=1S/C22H24N6O5S3/c1-36(32,33)25-12-16-20(34-21-23-10-11-24-21)35-22(27-16)28-19(31)18(30)26-15-9-5-4-8-14(15)17(29)13-6-2-3-7-13/h4-5,8-11,13,25H,2-3,6-7,12H2,1H3,(H,23,24)(H,26,30)(H,27,28,31). The van der Waals surface area contributed by atoms with E-state index in [0.717, 1.165) is 43.3 Å². The number of anilines is 2. The number of nitrogens with one attached hydrogen (secondary N) is 4. The van der Waals surface area contributed by atoms with Gasteiger partial charge in [-0.25, -0.2) is 23.1 Å². The molecule has 2 amide bonds. The van der Waals surface area contributed by atoms with Gasteiger partial charge in [-0.1, -0.05) is 36.3 Å². The second-order valence-electron chi connectivity index (χ2n) is 8.14. The van der Waals surface area contributed by atoms with Gasteiger partial charge < -0.3 is 10.3 Å². The number of imidazole rings is 1. The number of sulfonamides is 1. The molecular formula is C22H24N6O5S3. The maximum Gasteiger partial charge on any atom is 0.315 e. The molecule has 1 saturated carbocycles. The van der Waals surface area contributed by atoms with Crippen LogP contribution in [0.4, 0.5) is 10.8 Å². The van der Waals surface area contributed by atoms with E-state index in [1.807, 2.05) is 0 Å². The molecule has 0 atom stereocenters. The average molecular weight is 549 g/mol. The molecule has 190 valence electrons. The Morgan fingerprint density at radius 2 is 1.86 bits per heavy atom. The number of rotatable bonds is 9. The van der Waals surface area contributed by atoms with E-state index in [1.54, 1.807) is 36.7 Å². The summed E-state index contributed by atoms with van der Waals surface area (Å²) in [6.07, 6.45) is 7.88. The lowest BCUT2D eigenvalue weighted by Gasteiger charge is -2.13. The van der Waals surface area contributed by atoms with E-state index in [4.69, 9.17) is 0 Å². The second kappa shape index (κ2) is 11.3. The summed E-state index contributed by atoms with van der Waals surface area (Å²) in [5.41, 5.74) is 1.03. The summed E-state index contributed by atoms with van der Waals surface area (Å²) < 4.78 is 26.0. The van der Waals surface area contributed by atoms with E-state index in [9.17, 15) is 22.8 Å². The van der Waals surface area contributed by atoms with E-state index >= 15 is 0 Å². The maximum absolute atomic E-state index is 12.9. The van der Waals surface area contributed by atoms with E-state index < -0.39 is 21.8 Å². The molecule has 0 radical (unpaired) electrons. The lowest BCUT2D eigenvalue weighted by atomic mass is 9.95. The number of carbonyl (C=O) groups is 3. The first-order chi connectivity index (χ1) is 17.2. The highest BCUT2D eigenvalue weighted by molar-refractivity contribution is 8.01. The molecule has 2 aromatic heterocycles. The van der Waals surface area contributed by atoms with Crippen LogP contribution in [0, 0.1) is 5.92 Å². The molecule has 4 N–H and O–H groups in total. The van der Waals surface area contributed by atoms with Crippen molar-refractivity contribution in [2.24, 2.45) is 5.92 Å². The number of H-pyrrole nitrogens is 1. The highest BCUT2D eigenvalue weighted by Crippen LogP contribution is 2.36. The Morgan fingerprint density at radius 3 is 2.56 bits per heavy atom. The largest absolute Gasteiger partial charge is 0.339 e. The van der Waals surface area contributed by atoms with E-state index in [1.165, 1.54) is 11.8 Å². The normalized spacial score (nSPS) is 14.0. The van der Waals surface area contributed by atoms with Crippen LogP contribution in [-0.2, 0) is 26.2 Å². The number of ketones is 1. The van der Waals surface area contributed by atoms with Gasteiger partial charge in [0, 0.05) is 23.9 Å². The van der Waals surface area contributed by atoms with Gasteiger partial charge in [0.25, 0.3) is 0 Å². The zero-order chi connectivity index (χ0) is 25.7. The predicted molar refractivity (Wildman–Crippen MR) is 136 cm³/mol. The summed E-state index contributed by atoms with van der Waals surface area (Å²) in [7, 11) is -3.48. The Morgan fingerprint density at radius 1 is 1.14 bits per heavy atom. The Labute approximate surface area is 215 Å². The predicted octanol–water partition coefficient (Wildman–Crippen LogP) is 3.02. The summed E-state index contributed by atoms with van der Waals surface area (Å²) >= 11 is 2.29. The van der Waals surface area contributed by atoms with Crippen LogP contribution in [0.5, 0.6) is 0 Å². The van der Waals surface area contributed by atoms with Crippen molar-refractivity contribution in [2.45, 2.75) is 41.6 Å². The smallest absolute Gasteiger partial charge is 0.315 e. The third kappa shape index (κ3) is 6.78. The Balaban J connectivity index is 1.47. The summed E-state index contributed by atoms with van der Waals surface area (Å²) in [5.74, 6) is -2.03. The van der Waals surface area contributed by atoms with E-state index in [2.05, 4.69) is 30.3 Å². The summed E-state index contributed by atoms with van der Waals surface area (Å²) in [4.78, 5) is 49.5. The van der Waals surface area contributed by atoms with Crippen molar-refractivity contribution in [3.05, 3.63) is 47.9 Å². The molecule has 1 aliphatic carbocycles. The maximum atomic E-state index is 12.9. The van der Waals surface area contributed by atoms with E-state index in [0.29, 0.717) is 20.6 Å². The van der Waals surface area contributed by atoms with Gasteiger partial charge in [-0.05, 0) is 36.7 Å². The Bertz CT molecular complexity index is 1360. The minimum atomic E-state index is -3.48. The number of carbonyl (C=O) groups excluding carboxylic acids is 3. The monoisotopic (exact) mass is 548 g/mol. The summed E-state index contributed by atoms with van der Waals surface area (Å²) in [5, 5.41) is 5.65. The fourth-order valence-corrected chi connectivity index (χ4v) is 6.13. The molecule has 1 fully saturated rings. The summed E-state index contributed by atoms with van der Waals surface area (Å²) in [6.45, 7) is -0.100. The third-order valence-corrected chi connectivity index (χ3v) is 8.23. The Hall–Kier alpha value is -3.07. The Kier molecular flexibility index (Phi) is 8.18. The van der Waals surface area contributed by atoms with Crippen LogP contribution in [0.3, 0.4) is 0 Å². The molecule has 0 saturated heterocycles. The molecule has 0 bridgehead atoms. The number of hydrogen-bond donors (Lipinski definition) is 4. The van der Waals surface area contributed by atoms with Crippen molar-refractivity contribution in [1.82, 2.24) is 19.7 Å². The number of benzene rings is 1. The number of para-hydroxylation sites is 1. The third-order valence-electron chi connectivity index (χ3n) is 5.42. The van der Waals surface area contributed by atoms with Crippen LogP contribution < -0.4 is 15.4 Å². The number of aromatic nitrogens is 3. The van der Waals surface area contributed by atoms with Gasteiger partial charge in [-0.2, -0.15) is 0 Å². The number of aromatic amines is 1. The fourth-order valence-electron chi connectivity index (χ4n) is 3.72. The molecule has 0 unspecified atom stereocenters. The first kappa shape index (κ1) is 26.0. The van der Waals surface area contributed by atoms with Crippen molar-refractivity contribution in [3.8, 4) is 0 Å². The van der Waals surface area contributed by atoms with Crippen LogP contribution >= 0.6 is 23.1 Å². The van der Waals surface area contributed by atoms with Gasteiger partial charge in [0.05, 0.1) is 28.4 Å². The van der Waals surface area contributed by atoms with Crippen molar-refractivity contribution >= 4 is 61.5 Å². The molecule has 36 heavy (non-hydrogen) atoms. The molecule has 14 heteroatoms. The number of nitrogens with zero attached hydrogens (tertiary/aromatic N) is 2. The average Bonchev–Trinajstić information content (AvgIpc) is 3.60. The number of amides is 2. The zero-order valence-corrected chi connectivity index (χ0v) is 21.7. The molecule has 4 rings (SSSR count). The highest BCUT2D eigenvalue weighted by Gasteiger charge is 2.27. The lowest BCUT2D eigenvalue weighted by molar-refractivity contribution is -0.133. The lowest BCUT2D eigenvalue weighted by Crippen LogP contribution is -2.30. The van der Waals surface area contributed by atoms with Crippen LogP contribution in [0.25, 0.3) is 0 Å². The van der Waals surface area contributed by atoms with Gasteiger partial charge in [0.1, 0.15) is 0 Å². The quantitative estimate of drug-likeness (QED) is 0.234. The number of Topliss-reactive ketones (excluding diaryl/α,β-unsaturated/α-hetero) is 1. The van der Waals surface area contributed by atoms with Crippen molar-refractivity contribution < 1.29 is 22.8 Å². The molecule has 0 aliphatic heterocycles. The minimum Gasteiger partial charge on any atom is -0.339 e. The molecule has 11 nitrogen and oxygen atoms in total. The molecule has 0 spiro atoms. The van der Waals surface area contributed by atoms with Crippen LogP contribution in [0.1, 0.15) is 41.7 Å². The van der Waals surface area contributed by atoms with Gasteiger partial charge in [0.15, 0.2) is 16.1 Å². The van der Waals surface area contributed by atoms with Crippen molar-refractivity contribution in [2.75, 3.05) is 16.9 Å². The SMILES string of the molecule is CS(=O)(=O)NCc1nc(NC(=O)C(=O)Nc2ccccc2C(=O)C2CCCC2)sc1Sc1ncc[nH]1. The van der Waals surface area contributed by atoms with Gasteiger partial charge >= 0.3 is 11.8 Å². The minimum absolute atomic E-state index is 0.0358. The molecule has 1 aromatic carbocycles. The van der Waals surface area contributed by atoms with Crippen molar-refractivity contribution in [3.63, 3.8) is 0 Å². The summed E-state index contributed by atoms with van der Waals surface area (Å²) in [6, 6.07) is 6.63. The van der Waals surface area contributed by atoms with Gasteiger partial charge in [0.2, 0.25) is 10.0 Å². The fraction of sp³-hybridized carbons (Fsp3) is 0.318. The van der Waals surface area contributed by atoms with Crippen LogP contribution in [-0.4, -0.2) is 47.2 Å². The first-order valence-electron chi connectivity index (χ1n) is 11.1. The van der Waals surface area contributed by atoms with E-state index in [-0.39, 0.29) is 29.1 Å². The molecule has 3 aromatic rings. The number of thiazole rings is 1. The second-order valence-corrected chi connectivity index (χ2v) is 12.2. The zero-order valence-electron chi connectivity index (χ0n) is 19.2. The van der Waals surface area contributed by atoms with Crippen LogP contribution in [0.15, 0.2) is 46.0 Å². The molecule has 1 aliphatic rings. The topological polar surface area (TPSA) is 163 Å². The van der Waals surface area contributed by atoms with Gasteiger partial charge in [-0.3, -0.25) is 19.7 Å². The van der Waals surface area contributed by atoms with Crippen molar-refractivity contribution in [1.29, 1.82) is 0 Å². The first-order valence-corrected chi connectivity index (χ1v) is 14.6. The van der Waals surface area contributed by atoms with Gasteiger partial charge in [-0.15, -0.1) is 0 Å². The molecule has 2 heterocycles. The number of hydrogen-bond acceptors (Lipinski definition) is 9. The van der Waals surface area contributed by atoms with Crippen LogP contribution in [0.2, 0.25) is 0 Å². The highest BCUT2D eigenvalue weighted by atomic mass is 32.2.